The van der Waals surface area contributed by atoms with Crippen LogP contribution in [0, 0.1) is 5.82 Å². The highest BCUT2D eigenvalue weighted by Crippen LogP contribution is 2.47. The van der Waals surface area contributed by atoms with Crippen LogP contribution in [0.1, 0.15) is 5.56 Å². The van der Waals surface area contributed by atoms with Crippen molar-refractivity contribution in [1.29, 1.82) is 0 Å². The van der Waals surface area contributed by atoms with E-state index < -0.39 is 6.89 Å². The Bertz CT molecular complexity index is 1260. The van der Waals surface area contributed by atoms with Gasteiger partial charge >= 0.3 is 0 Å². The van der Waals surface area contributed by atoms with E-state index in [1.807, 2.05) is 60.7 Å². The number of carbonyl (C=O) groups is 1. The molecule has 0 aliphatic rings. The van der Waals surface area contributed by atoms with Gasteiger partial charge in [-0.25, -0.2) is 4.39 Å². The highest BCUT2D eigenvalue weighted by atomic mass is 31.2. The standard InChI is InChI=1S/C31H27FNOP/c1-2-3-13-24-33-31(34)30(25-20-22-26(32)23-21-25)35(27-14-7-4-8-15-27,28-16-9-5-10-17-28)29-18-11-6-12-19-29/h2-23H,1,24H2,(H,33,34)/b13-3+. The average Bonchev–Trinajstić information content (AvgIpc) is 2.92. The van der Waals surface area contributed by atoms with Crippen LogP contribution in [0.4, 0.5) is 4.39 Å². The summed E-state index contributed by atoms with van der Waals surface area (Å²) in [5.74, 6) is -0.527. The van der Waals surface area contributed by atoms with Gasteiger partial charge in [-0.3, -0.25) is 4.79 Å². The molecular weight excluding hydrogens is 452 g/mol. The molecule has 0 heterocycles. The molecule has 0 fully saturated rings. The molecule has 0 atom stereocenters. The maximum Gasteiger partial charge on any atom is 0.253 e. The Morgan fingerprint density at radius 2 is 1.20 bits per heavy atom. The fourth-order valence-electron chi connectivity index (χ4n) is 4.27. The number of allylic oxidation sites excluding steroid dienone is 2. The molecule has 1 N–H and O–H groups in total. The lowest BCUT2D eigenvalue weighted by atomic mass is 10.1. The lowest BCUT2D eigenvalue weighted by molar-refractivity contribution is -0.114. The third-order valence-corrected chi connectivity index (χ3v) is 10.1. The van der Waals surface area contributed by atoms with E-state index in [-0.39, 0.29) is 11.7 Å². The summed E-state index contributed by atoms with van der Waals surface area (Å²) in [7, 11) is 0. The SMILES string of the molecule is C=C/C=C/CNC(=O)C(c1ccc(F)cc1)=P(c1ccccc1)(c1ccccc1)c1ccccc1. The van der Waals surface area contributed by atoms with Crippen LogP contribution >= 0.6 is 6.89 Å². The van der Waals surface area contributed by atoms with Crippen LogP contribution in [0.3, 0.4) is 0 Å². The minimum Gasteiger partial charge on any atom is -0.348 e. The second-order valence-corrected chi connectivity index (χ2v) is 11.2. The molecule has 0 aliphatic heterocycles. The van der Waals surface area contributed by atoms with Crippen molar-refractivity contribution in [2.75, 3.05) is 6.54 Å². The van der Waals surface area contributed by atoms with Crippen molar-refractivity contribution in [2.45, 2.75) is 0 Å². The van der Waals surface area contributed by atoms with E-state index in [1.54, 1.807) is 24.3 Å². The van der Waals surface area contributed by atoms with Crippen molar-refractivity contribution >= 4 is 34.0 Å². The number of hydrogen-bond acceptors (Lipinski definition) is 1. The zero-order valence-electron chi connectivity index (χ0n) is 19.3. The van der Waals surface area contributed by atoms with Crippen LogP contribution in [0.25, 0.3) is 0 Å². The smallest absolute Gasteiger partial charge is 0.253 e. The molecule has 0 unspecified atom stereocenters. The molecule has 35 heavy (non-hydrogen) atoms. The highest BCUT2D eigenvalue weighted by molar-refractivity contribution is 7.96. The predicted molar refractivity (Wildman–Crippen MR) is 148 cm³/mol. The maximum atomic E-state index is 14.1. The van der Waals surface area contributed by atoms with Crippen molar-refractivity contribution < 1.29 is 9.18 Å². The van der Waals surface area contributed by atoms with Gasteiger partial charge in [0.25, 0.3) is 5.91 Å². The van der Waals surface area contributed by atoms with Crippen LogP contribution in [-0.4, -0.2) is 17.7 Å². The van der Waals surface area contributed by atoms with Crippen molar-refractivity contribution in [3.8, 4) is 0 Å². The zero-order valence-corrected chi connectivity index (χ0v) is 20.2. The molecule has 4 heteroatoms. The molecule has 0 saturated heterocycles. The van der Waals surface area contributed by atoms with Gasteiger partial charge in [-0.15, -0.1) is 0 Å². The molecule has 0 aromatic heterocycles. The maximum absolute atomic E-state index is 14.1. The molecule has 0 aliphatic carbocycles. The predicted octanol–water partition coefficient (Wildman–Crippen LogP) is 5.20. The van der Waals surface area contributed by atoms with Gasteiger partial charge in [0.15, 0.2) is 0 Å². The Balaban J connectivity index is 2.18. The second-order valence-electron chi connectivity index (χ2n) is 7.91. The molecule has 1 amide bonds. The number of benzene rings is 4. The topological polar surface area (TPSA) is 29.1 Å². The third kappa shape index (κ3) is 5.11. The van der Waals surface area contributed by atoms with Gasteiger partial charge < -0.3 is 5.32 Å². The molecule has 4 aromatic carbocycles. The number of hydrogen-bond donors (Lipinski definition) is 1. The summed E-state index contributed by atoms with van der Waals surface area (Å²) in [6.45, 7) is 1.37. The summed E-state index contributed by atoms with van der Waals surface area (Å²) in [5, 5.41) is 6.85. The normalized spacial score (nSPS) is 11.2. The Labute approximate surface area is 206 Å². The minimum absolute atomic E-state index is 0.185. The Hall–Kier alpha value is -3.94. The van der Waals surface area contributed by atoms with Gasteiger partial charge in [0.1, 0.15) is 5.82 Å². The summed E-state index contributed by atoms with van der Waals surface area (Å²) in [5.41, 5.74) is 0.696. The Morgan fingerprint density at radius 1 is 0.743 bits per heavy atom. The van der Waals surface area contributed by atoms with Crippen LogP contribution in [-0.2, 0) is 4.79 Å². The van der Waals surface area contributed by atoms with E-state index in [9.17, 15) is 9.18 Å². The first kappa shape index (κ1) is 24.2. The molecule has 0 spiro atoms. The lowest BCUT2D eigenvalue weighted by Gasteiger charge is -2.32. The molecule has 2 nitrogen and oxygen atoms in total. The van der Waals surface area contributed by atoms with Crippen LogP contribution in [0.15, 0.2) is 140 Å². The van der Waals surface area contributed by atoms with Crippen molar-refractivity contribution in [3.63, 3.8) is 0 Å². The van der Waals surface area contributed by atoms with E-state index in [0.717, 1.165) is 15.9 Å². The van der Waals surface area contributed by atoms with Gasteiger partial charge in [-0.1, -0.05) is 128 Å². The van der Waals surface area contributed by atoms with E-state index >= 15 is 0 Å². The molecule has 174 valence electrons. The number of halogens is 1. The first-order valence-corrected chi connectivity index (χ1v) is 13.2. The summed E-state index contributed by atoms with van der Waals surface area (Å²) in [4.78, 5) is 14.1. The third-order valence-electron chi connectivity index (χ3n) is 5.75. The number of rotatable bonds is 8. The Kier molecular flexibility index (Phi) is 7.92. The Morgan fingerprint density at radius 3 is 1.63 bits per heavy atom. The van der Waals surface area contributed by atoms with E-state index in [0.29, 0.717) is 17.4 Å². The molecule has 4 rings (SSSR count). The van der Waals surface area contributed by atoms with Gasteiger partial charge in [0.2, 0.25) is 0 Å². The summed E-state index contributed by atoms with van der Waals surface area (Å²) < 4.78 is 14.0. The molecular formula is C31H27FNOP. The summed E-state index contributed by atoms with van der Waals surface area (Å²) >= 11 is 0. The van der Waals surface area contributed by atoms with Gasteiger partial charge in [-0.05, 0) is 40.5 Å². The largest absolute Gasteiger partial charge is 0.348 e. The van der Waals surface area contributed by atoms with Crippen LogP contribution in [0.5, 0.6) is 0 Å². The summed E-state index contributed by atoms with van der Waals surface area (Å²) in [6.07, 6.45) is 5.32. The molecule has 0 saturated carbocycles. The quantitative estimate of drug-likeness (QED) is 0.273. The summed E-state index contributed by atoms with van der Waals surface area (Å²) in [6, 6.07) is 36.7. The van der Waals surface area contributed by atoms with Crippen molar-refractivity contribution in [2.24, 2.45) is 0 Å². The van der Waals surface area contributed by atoms with Gasteiger partial charge in [0.05, 0.1) is 5.29 Å². The zero-order chi connectivity index (χ0) is 24.5. The number of amides is 1. The molecule has 4 aromatic rings. The van der Waals surface area contributed by atoms with E-state index in [1.165, 1.54) is 12.1 Å². The monoisotopic (exact) mass is 479 g/mol. The lowest BCUT2D eigenvalue weighted by Crippen LogP contribution is -2.39. The minimum atomic E-state index is -2.67. The second kappa shape index (κ2) is 11.5. The van der Waals surface area contributed by atoms with Crippen molar-refractivity contribution in [3.05, 3.63) is 151 Å². The first-order valence-electron chi connectivity index (χ1n) is 11.4. The van der Waals surface area contributed by atoms with Gasteiger partial charge in [0, 0.05) is 6.54 Å². The fourth-order valence-corrected chi connectivity index (χ4v) is 8.72. The highest BCUT2D eigenvalue weighted by Gasteiger charge is 2.33. The number of carbonyl (C=O) groups excluding carboxylic acids is 1. The van der Waals surface area contributed by atoms with Gasteiger partial charge in [-0.2, -0.15) is 0 Å². The molecule has 0 bridgehead atoms. The van der Waals surface area contributed by atoms with Crippen molar-refractivity contribution in [1.82, 2.24) is 5.32 Å². The van der Waals surface area contributed by atoms with Crippen LogP contribution < -0.4 is 21.2 Å². The average molecular weight is 480 g/mol. The first-order chi connectivity index (χ1) is 17.2. The fraction of sp³-hybridized carbons (Fsp3) is 0.0323. The molecule has 0 radical (unpaired) electrons. The number of nitrogens with one attached hydrogen (secondary N) is 1. The van der Waals surface area contributed by atoms with Crippen LogP contribution in [0.2, 0.25) is 0 Å². The van der Waals surface area contributed by atoms with E-state index in [4.69, 9.17) is 0 Å². The van der Waals surface area contributed by atoms with E-state index in [2.05, 4.69) is 48.3 Å².